The summed E-state index contributed by atoms with van der Waals surface area (Å²) in [5.41, 5.74) is 1.01. The van der Waals surface area contributed by atoms with E-state index in [0.29, 0.717) is 42.8 Å². The van der Waals surface area contributed by atoms with Crippen molar-refractivity contribution in [3.8, 4) is 0 Å². The number of hydrogen-bond acceptors (Lipinski definition) is 7. The fraction of sp³-hybridized carbons (Fsp3) is 0.650. The highest BCUT2D eigenvalue weighted by Gasteiger charge is 2.58. The molecule has 2 aromatic rings. The molecule has 3 heterocycles. The topological polar surface area (TPSA) is 126 Å². The van der Waals surface area contributed by atoms with Gasteiger partial charge >= 0.3 is 0 Å². The average molecular weight is 414 g/mol. The minimum absolute atomic E-state index is 0.0459. The van der Waals surface area contributed by atoms with Gasteiger partial charge in [-0.25, -0.2) is 0 Å². The van der Waals surface area contributed by atoms with E-state index in [1.54, 1.807) is 11.8 Å². The van der Waals surface area contributed by atoms with Gasteiger partial charge in [0.15, 0.2) is 5.82 Å². The minimum atomic E-state index is -0.451. The Kier molecular flexibility index (Phi) is 4.61. The van der Waals surface area contributed by atoms with Crippen LogP contribution >= 0.6 is 0 Å². The molecule has 1 aliphatic heterocycles. The number of likely N-dealkylation sites (tertiary alicyclic amines) is 1. The molecule has 0 spiro atoms. The van der Waals surface area contributed by atoms with Gasteiger partial charge in [-0.1, -0.05) is 5.16 Å². The van der Waals surface area contributed by atoms with Gasteiger partial charge in [-0.3, -0.25) is 14.7 Å². The molecule has 3 fully saturated rings. The molecule has 3 atom stereocenters. The zero-order valence-electron chi connectivity index (χ0n) is 17.2. The maximum atomic E-state index is 12.8. The Morgan fingerprint density at radius 1 is 1.43 bits per heavy atom. The molecule has 5 rings (SSSR count). The Morgan fingerprint density at radius 2 is 2.27 bits per heavy atom. The summed E-state index contributed by atoms with van der Waals surface area (Å²) in [6, 6.07) is 1.81. The second kappa shape index (κ2) is 7.19. The molecule has 0 aromatic carbocycles. The van der Waals surface area contributed by atoms with Gasteiger partial charge in [0.1, 0.15) is 12.3 Å². The first-order valence-corrected chi connectivity index (χ1v) is 10.4. The van der Waals surface area contributed by atoms with E-state index in [2.05, 4.69) is 25.7 Å². The molecule has 2 aliphatic carbocycles. The van der Waals surface area contributed by atoms with E-state index in [1.165, 1.54) is 7.11 Å². The highest BCUT2D eigenvalue weighted by molar-refractivity contribution is 5.92. The molecule has 2 N–H and O–H groups in total. The fourth-order valence-electron chi connectivity index (χ4n) is 5.03. The molecule has 3 aliphatic rings. The van der Waals surface area contributed by atoms with Gasteiger partial charge in [0, 0.05) is 37.9 Å². The lowest BCUT2D eigenvalue weighted by Crippen LogP contribution is -2.40. The lowest BCUT2D eigenvalue weighted by Gasteiger charge is -2.25. The highest BCUT2D eigenvalue weighted by atomic mass is 16.5. The second-order valence-corrected chi connectivity index (χ2v) is 8.80. The van der Waals surface area contributed by atoms with Crippen LogP contribution < -0.4 is 5.32 Å². The van der Waals surface area contributed by atoms with Crippen LogP contribution in [0.15, 0.2) is 10.6 Å². The molecule has 10 nitrogen and oxygen atoms in total. The van der Waals surface area contributed by atoms with Gasteiger partial charge in [0.2, 0.25) is 11.8 Å². The molecular weight excluding hydrogens is 388 g/mol. The number of hydrogen-bond donors (Lipinski definition) is 2. The van der Waals surface area contributed by atoms with Crippen molar-refractivity contribution in [3.63, 3.8) is 0 Å². The summed E-state index contributed by atoms with van der Waals surface area (Å²) in [6.07, 6.45) is 3.68. The summed E-state index contributed by atoms with van der Waals surface area (Å²) < 4.78 is 10.6. The van der Waals surface area contributed by atoms with Crippen LogP contribution in [0.2, 0.25) is 0 Å². The van der Waals surface area contributed by atoms with Gasteiger partial charge in [-0.2, -0.15) is 10.1 Å². The van der Waals surface area contributed by atoms with Crippen LogP contribution in [0.3, 0.4) is 0 Å². The summed E-state index contributed by atoms with van der Waals surface area (Å²) in [4.78, 5) is 31.5. The van der Waals surface area contributed by atoms with Crippen LogP contribution in [0.4, 0.5) is 0 Å². The smallest absolute Gasteiger partial charge is 0.271 e. The van der Waals surface area contributed by atoms with Crippen molar-refractivity contribution in [1.82, 2.24) is 30.6 Å². The van der Waals surface area contributed by atoms with Crippen molar-refractivity contribution in [1.29, 1.82) is 0 Å². The number of rotatable bonds is 6. The standard InChI is InChI=1S/C20H26N6O4/c1-11-21-19(30-25-11)20-7-14(5-13(20)8-26(10-20)17(27)9-29-2)22-18(28)16-6-15(23-24-16)12-3-4-12/h6,12-14H,3-5,7-10H2,1-2H3,(H,22,28)(H,23,24)/t13-,14+,20-/m0/s1. The normalized spacial score (nSPS) is 28.0. The summed E-state index contributed by atoms with van der Waals surface area (Å²) in [6.45, 7) is 2.91. The molecule has 2 aromatic heterocycles. The average Bonchev–Trinajstić information content (AvgIpc) is 3.06. The molecule has 2 amide bonds. The first-order chi connectivity index (χ1) is 14.5. The van der Waals surface area contributed by atoms with Crippen molar-refractivity contribution >= 4 is 11.8 Å². The van der Waals surface area contributed by atoms with E-state index in [4.69, 9.17) is 9.26 Å². The number of amides is 2. The van der Waals surface area contributed by atoms with Crippen LogP contribution in [0, 0.1) is 12.8 Å². The Balaban J connectivity index is 1.33. The number of nitrogens with one attached hydrogen (secondary N) is 2. The van der Waals surface area contributed by atoms with Gasteiger partial charge < -0.3 is 19.5 Å². The number of aryl methyl sites for hydroxylation is 1. The third kappa shape index (κ3) is 3.28. The van der Waals surface area contributed by atoms with E-state index in [-0.39, 0.29) is 30.4 Å². The fourth-order valence-corrected chi connectivity index (χ4v) is 5.03. The molecular formula is C20H26N6O4. The zero-order valence-corrected chi connectivity index (χ0v) is 17.2. The third-order valence-corrected chi connectivity index (χ3v) is 6.63. The largest absolute Gasteiger partial charge is 0.375 e. The number of methoxy groups -OCH3 is 1. The number of carbonyl (C=O) groups excluding carboxylic acids is 2. The van der Waals surface area contributed by atoms with Crippen LogP contribution in [0.25, 0.3) is 0 Å². The maximum Gasteiger partial charge on any atom is 0.271 e. The molecule has 2 saturated carbocycles. The van der Waals surface area contributed by atoms with Crippen LogP contribution in [0.5, 0.6) is 0 Å². The van der Waals surface area contributed by atoms with Crippen LogP contribution in [0.1, 0.15) is 59.5 Å². The number of nitrogens with zero attached hydrogens (tertiary/aromatic N) is 4. The molecule has 1 saturated heterocycles. The van der Waals surface area contributed by atoms with E-state index in [1.807, 2.05) is 6.07 Å². The SMILES string of the molecule is COCC(=O)N1C[C@@H]2C[C@@H](NC(=O)c3cc(C4CC4)[nH]n3)C[C@]2(c2nc(C)no2)C1. The number of ether oxygens (including phenoxy) is 1. The summed E-state index contributed by atoms with van der Waals surface area (Å²) >= 11 is 0. The van der Waals surface area contributed by atoms with E-state index in [0.717, 1.165) is 25.0 Å². The summed E-state index contributed by atoms with van der Waals surface area (Å²) in [7, 11) is 1.52. The third-order valence-electron chi connectivity index (χ3n) is 6.63. The van der Waals surface area contributed by atoms with Crippen LogP contribution in [-0.2, 0) is 14.9 Å². The minimum Gasteiger partial charge on any atom is -0.375 e. The zero-order chi connectivity index (χ0) is 20.9. The van der Waals surface area contributed by atoms with E-state index < -0.39 is 5.41 Å². The monoisotopic (exact) mass is 414 g/mol. The number of fused-ring (bicyclic) bond motifs is 1. The highest BCUT2D eigenvalue weighted by Crippen LogP contribution is 2.50. The van der Waals surface area contributed by atoms with Crippen molar-refractivity contribution in [3.05, 3.63) is 29.2 Å². The lowest BCUT2D eigenvalue weighted by molar-refractivity contribution is -0.134. The van der Waals surface area contributed by atoms with Gasteiger partial charge in [-0.15, -0.1) is 0 Å². The predicted molar refractivity (Wildman–Crippen MR) is 104 cm³/mol. The van der Waals surface area contributed by atoms with Crippen molar-refractivity contribution in [2.75, 3.05) is 26.8 Å². The number of aromatic nitrogens is 4. The van der Waals surface area contributed by atoms with Crippen molar-refractivity contribution < 1.29 is 18.8 Å². The van der Waals surface area contributed by atoms with Gasteiger partial charge in [0.25, 0.3) is 5.91 Å². The van der Waals surface area contributed by atoms with E-state index in [9.17, 15) is 9.59 Å². The second-order valence-electron chi connectivity index (χ2n) is 8.80. The lowest BCUT2D eigenvalue weighted by atomic mass is 9.80. The Hall–Kier alpha value is -2.75. The first-order valence-electron chi connectivity index (χ1n) is 10.4. The number of aromatic amines is 1. The Labute approximate surface area is 173 Å². The van der Waals surface area contributed by atoms with Gasteiger partial charge in [0.05, 0.1) is 5.41 Å². The number of H-pyrrole nitrogens is 1. The van der Waals surface area contributed by atoms with Crippen molar-refractivity contribution in [2.24, 2.45) is 5.92 Å². The molecule has 0 radical (unpaired) electrons. The van der Waals surface area contributed by atoms with Crippen molar-refractivity contribution in [2.45, 2.75) is 50.0 Å². The molecule has 0 unspecified atom stereocenters. The Bertz CT molecular complexity index is 966. The summed E-state index contributed by atoms with van der Waals surface area (Å²) in [5, 5.41) is 14.3. The first kappa shape index (κ1) is 19.2. The predicted octanol–water partition coefficient (Wildman–Crippen LogP) is 0.914. The molecule has 160 valence electrons. The van der Waals surface area contributed by atoms with Crippen LogP contribution in [-0.4, -0.2) is 69.9 Å². The molecule has 10 heteroatoms. The number of carbonyl (C=O) groups is 2. The van der Waals surface area contributed by atoms with Gasteiger partial charge in [-0.05, 0) is 44.6 Å². The Morgan fingerprint density at radius 3 is 2.97 bits per heavy atom. The van der Waals surface area contributed by atoms with E-state index >= 15 is 0 Å². The molecule has 30 heavy (non-hydrogen) atoms. The maximum absolute atomic E-state index is 12.8. The summed E-state index contributed by atoms with van der Waals surface area (Å²) in [5.74, 6) is 1.54. The molecule has 0 bridgehead atoms. The quantitative estimate of drug-likeness (QED) is 0.719.